The zero-order valence-corrected chi connectivity index (χ0v) is 19.0. The highest BCUT2D eigenvalue weighted by Crippen LogP contribution is 2.38. The van der Waals surface area contributed by atoms with E-state index >= 15 is 0 Å². The first-order valence-electron chi connectivity index (χ1n) is 11.3. The molecule has 0 bridgehead atoms. The summed E-state index contributed by atoms with van der Waals surface area (Å²) in [5.41, 5.74) is 3.56. The molecule has 5 rings (SSSR count). The normalized spacial score (nSPS) is 20.4. The van der Waals surface area contributed by atoms with Crippen molar-refractivity contribution in [3.8, 4) is 11.5 Å². The Hall–Kier alpha value is -3.38. The second kappa shape index (κ2) is 8.87. The summed E-state index contributed by atoms with van der Waals surface area (Å²) in [5.74, 6) is 1.36. The lowest BCUT2D eigenvalue weighted by molar-refractivity contribution is -0.0932. The highest BCUT2D eigenvalue weighted by molar-refractivity contribution is 5.94. The number of carbonyl (C=O) groups excluding carboxylic acids is 1. The number of benzene rings is 2. The Balaban J connectivity index is 1.37. The fraction of sp³-hybridized carbons (Fsp3) is 0.333. The van der Waals surface area contributed by atoms with Crippen LogP contribution in [0.1, 0.15) is 34.0 Å². The van der Waals surface area contributed by atoms with E-state index in [-0.39, 0.29) is 12.0 Å². The van der Waals surface area contributed by atoms with E-state index in [0.717, 1.165) is 18.4 Å². The maximum absolute atomic E-state index is 13.0. The summed E-state index contributed by atoms with van der Waals surface area (Å²) >= 11 is 0. The van der Waals surface area contributed by atoms with Crippen LogP contribution in [0.3, 0.4) is 0 Å². The van der Waals surface area contributed by atoms with E-state index in [2.05, 4.69) is 29.2 Å². The molecule has 1 atom stereocenters. The molecule has 6 nitrogen and oxygen atoms in total. The molecule has 3 aromatic rings. The summed E-state index contributed by atoms with van der Waals surface area (Å²) in [6.07, 6.45) is 5.10. The molecule has 1 aliphatic carbocycles. The van der Waals surface area contributed by atoms with Crippen LogP contribution in [0.15, 0.2) is 67.0 Å². The largest absolute Gasteiger partial charge is 0.493 e. The number of rotatable bonds is 5. The van der Waals surface area contributed by atoms with E-state index in [1.807, 2.05) is 30.0 Å². The Morgan fingerprint density at radius 1 is 1.09 bits per heavy atom. The van der Waals surface area contributed by atoms with Gasteiger partial charge in [0.15, 0.2) is 11.5 Å². The molecule has 2 aromatic carbocycles. The number of aromatic nitrogens is 1. The van der Waals surface area contributed by atoms with Crippen LogP contribution in [-0.4, -0.2) is 48.7 Å². The molecule has 6 heteroatoms. The van der Waals surface area contributed by atoms with Gasteiger partial charge in [0.1, 0.15) is 11.7 Å². The van der Waals surface area contributed by atoms with E-state index in [9.17, 15) is 4.79 Å². The van der Waals surface area contributed by atoms with Crippen molar-refractivity contribution in [3.05, 3.63) is 89.2 Å². The molecule has 2 aliphatic rings. The number of hydrogen-bond acceptors (Lipinski definition) is 5. The van der Waals surface area contributed by atoms with Crippen LogP contribution in [-0.2, 0) is 23.2 Å². The number of nitrogens with zero attached hydrogens (tertiary/aromatic N) is 2. The summed E-state index contributed by atoms with van der Waals surface area (Å²) in [4.78, 5) is 18.9. The molecular weight excluding hydrogens is 416 g/mol. The second-order valence-corrected chi connectivity index (χ2v) is 8.83. The number of carbonyl (C=O) groups is 1. The van der Waals surface area contributed by atoms with Crippen molar-refractivity contribution in [1.82, 2.24) is 9.88 Å². The van der Waals surface area contributed by atoms with Crippen LogP contribution in [0.25, 0.3) is 0 Å². The SMILES string of the molecule is COc1ccc(C2(C)CN(C(=O)c3cccnc3)CCO2)cc1OC1Cc2ccccc2C1. The van der Waals surface area contributed by atoms with Gasteiger partial charge in [0.25, 0.3) is 5.91 Å². The van der Waals surface area contributed by atoms with Gasteiger partial charge in [-0.1, -0.05) is 30.3 Å². The first-order valence-corrected chi connectivity index (χ1v) is 11.3. The number of hydrogen-bond donors (Lipinski definition) is 0. The lowest BCUT2D eigenvalue weighted by Crippen LogP contribution is -2.50. The Kier molecular flexibility index (Phi) is 5.77. The molecule has 1 unspecified atom stereocenters. The van der Waals surface area contributed by atoms with Gasteiger partial charge in [-0.15, -0.1) is 0 Å². The zero-order chi connectivity index (χ0) is 22.8. The fourth-order valence-corrected chi connectivity index (χ4v) is 4.77. The third-order valence-corrected chi connectivity index (χ3v) is 6.55. The van der Waals surface area contributed by atoms with E-state index in [1.165, 1.54) is 11.1 Å². The predicted octanol–water partition coefficient (Wildman–Crippen LogP) is 4.02. The number of pyridine rings is 1. The molecule has 0 spiro atoms. The van der Waals surface area contributed by atoms with Gasteiger partial charge in [-0.25, -0.2) is 0 Å². The molecule has 0 radical (unpaired) electrons. The summed E-state index contributed by atoms with van der Waals surface area (Å²) in [5, 5.41) is 0. The van der Waals surface area contributed by atoms with Crippen molar-refractivity contribution in [2.75, 3.05) is 26.8 Å². The summed E-state index contributed by atoms with van der Waals surface area (Å²) < 4.78 is 18.2. The standard InChI is InChI=1S/C27H28N2O4/c1-27(18-29(12-13-32-27)26(30)21-8-5-11-28-17-21)22-9-10-24(31-2)25(16-22)33-23-14-19-6-3-4-7-20(19)15-23/h3-11,16-17,23H,12-15,18H2,1-2H3. The van der Waals surface area contributed by atoms with Crippen LogP contribution in [0.5, 0.6) is 11.5 Å². The van der Waals surface area contributed by atoms with Crippen LogP contribution in [0.2, 0.25) is 0 Å². The topological polar surface area (TPSA) is 60.9 Å². The monoisotopic (exact) mass is 444 g/mol. The van der Waals surface area contributed by atoms with Gasteiger partial charge >= 0.3 is 0 Å². The highest BCUT2D eigenvalue weighted by Gasteiger charge is 2.37. The highest BCUT2D eigenvalue weighted by atomic mass is 16.5. The molecule has 170 valence electrons. The van der Waals surface area contributed by atoms with E-state index < -0.39 is 5.60 Å². The quantitative estimate of drug-likeness (QED) is 0.595. The third kappa shape index (κ3) is 4.31. The molecule has 1 saturated heterocycles. The molecule has 2 heterocycles. The van der Waals surface area contributed by atoms with Gasteiger partial charge in [0.05, 0.1) is 25.8 Å². The minimum Gasteiger partial charge on any atom is -0.493 e. The van der Waals surface area contributed by atoms with Crippen molar-refractivity contribution < 1.29 is 19.0 Å². The number of methoxy groups -OCH3 is 1. The number of amides is 1. The minimum absolute atomic E-state index is 0.0358. The Morgan fingerprint density at radius 3 is 2.58 bits per heavy atom. The van der Waals surface area contributed by atoms with Gasteiger partial charge in [-0.05, 0) is 47.9 Å². The first kappa shape index (κ1) is 21.5. The fourth-order valence-electron chi connectivity index (χ4n) is 4.77. The van der Waals surface area contributed by atoms with E-state index in [1.54, 1.807) is 31.6 Å². The van der Waals surface area contributed by atoms with Crippen molar-refractivity contribution in [1.29, 1.82) is 0 Å². The second-order valence-electron chi connectivity index (χ2n) is 8.83. The van der Waals surface area contributed by atoms with Crippen LogP contribution in [0, 0.1) is 0 Å². The number of fused-ring (bicyclic) bond motifs is 1. The van der Waals surface area contributed by atoms with Gasteiger partial charge in [-0.3, -0.25) is 9.78 Å². The van der Waals surface area contributed by atoms with Gasteiger partial charge in [0, 0.05) is 31.8 Å². The Morgan fingerprint density at radius 2 is 1.88 bits per heavy atom. The zero-order valence-electron chi connectivity index (χ0n) is 19.0. The smallest absolute Gasteiger partial charge is 0.255 e. The van der Waals surface area contributed by atoms with Gasteiger partial charge < -0.3 is 19.1 Å². The molecule has 0 N–H and O–H groups in total. The lowest BCUT2D eigenvalue weighted by atomic mass is 9.93. The van der Waals surface area contributed by atoms with Crippen molar-refractivity contribution in [3.63, 3.8) is 0 Å². The van der Waals surface area contributed by atoms with Gasteiger partial charge in [0.2, 0.25) is 0 Å². The predicted molar refractivity (Wildman–Crippen MR) is 125 cm³/mol. The lowest BCUT2D eigenvalue weighted by Gasteiger charge is -2.41. The average molecular weight is 445 g/mol. The Bertz CT molecular complexity index is 1120. The number of ether oxygens (including phenoxy) is 3. The van der Waals surface area contributed by atoms with Crippen LogP contribution < -0.4 is 9.47 Å². The average Bonchev–Trinajstić information content (AvgIpc) is 3.26. The maximum Gasteiger partial charge on any atom is 0.255 e. The van der Waals surface area contributed by atoms with Crippen molar-refractivity contribution >= 4 is 5.91 Å². The molecular formula is C27H28N2O4. The minimum atomic E-state index is -0.654. The molecule has 1 aromatic heterocycles. The summed E-state index contributed by atoms with van der Waals surface area (Å²) in [6.45, 7) is 3.47. The summed E-state index contributed by atoms with van der Waals surface area (Å²) in [6, 6.07) is 18.0. The van der Waals surface area contributed by atoms with Gasteiger partial charge in [-0.2, -0.15) is 0 Å². The summed E-state index contributed by atoms with van der Waals surface area (Å²) in [7, 11) is 1.65. The van der Waals surface area contributed by atoms with E-state index in [4.69, 9.17) is 14.2 Å². The molecule has 1 aliphatic heterocycles. The molecule has 1 amide bonds. The third-order valence-electron chi connectivity index (χ3n) is 6.55. The molecule has 0 saturated carbocycles. The van der Waals surface area contributed by atoms with Crippen LogP contribution >= 0.6 is 0 Å². The maximum atomic E-state index is 13.0. The van der Waals surface area contributed by atoms with Crippen molar-refractivity contribution in [2.45, 2.75) is 31.5 Å². The van der Waals surface area contributed by atoms with Crippen molar-refractivity contribution in [2.24, 2.45) is 0 Å². The first-order chi connectivity index (χ1) is 16.1. The number of morpholine rings is 1. The van der Waals surface area contributed by atoms with E-state index in [0.29, 0.717) is 36.8 Å². The Labute approximate surface area is 194 Å². The van der Waals surface area contributed by atoms with Crippen LogP contribution in [0.4, 0.5) is 0 Å². The molecule has 33 heavy (non-hydrogen) atoms. The molecule has 1 fully saturated rings.